The van der Waals surface area contributed by atoms with Gasteiger partial charge in [0.15, 0.2) is 0 Å². The first kappa shape index (κ1) is 14.3. The highest BCUT2D eigenvalue weighted by atomic mass is 16.3. The van der Waals surface area contributed by atoms with Crippen molar-refractivity contribution in [2.24, 2.45) is 0 Å². The highest BCUT2D eigenvalue weighted by Crippen LogP contribution is 2.39. The van der Waals surface area contributed by atoms with E-state index in [1.54, 1.807) is 0 Å². The molecule has 0 N–H and O–H groups in total. The number of hydrogen-bond acceptors (Lipinski definition) is 1. The Bertz CT molecular complexity index is 1070. The van der Waals surface area contributed by atoms with Crippen molar-refractivity contribution in [3.63, 3.8) is 0 Å². The van der Waals surface area contributed by atoms with E-state index in [-0.39, 0.29) is 0 Å². The number of allylic oxidation sites excluding steroid dienone is 1. The van der Waals surface area contributed by atoms with Crippen molar-refractivity contribution >= 4 is 16.5 Å². The third-order valence-electron chi connectivity index (χ3n) is 4.96. The third kappa shape index (κ3) is 2.40. The molecule has 0 saturated carbocycles. The predicted molar refractivity (Wildman–Crippen MR) is 103 cm³/mol. The number of rotatable bonds is 2. The molecule has 0 amide bonds. The molecule has 0 spiro atoms. The van der Waals surface area contributed by atoms with E-state index in [4.69, 9.17) is 4.42 Å². The van der Waals surface area contributed by atoms with Gasteiger partial charge in [0.25, 0.3) is 0 Å². The van der Waals surface area contributed by atoms with Crippen molar-refractivity contribution in [1.82, 2.24) is 0 Å². The molecule has 1 nitrogen and oxygen atoms in total. The molecule has 0 fully saturated rings. The highest BCUT2D eigenvalue weighted by molar-refractivity contribution is 5.98. The molecule has 0 atom stereocenters. The monoisotopic (exact) mass is 322 g/mol. The summed E-state index contributed by atoms with van der Waals surface area (Å²) in [6.07, 6.45) is 4.36. The van der Waals surface area contributed by atoms with E-state index in [1.807, 2.05) is 6.07 Å². The van der Waals surface area contributed by atoms with E-state index in [9.17, 15) is 0 Å². The summed E-state index contributed by atoms with van der Waals surface area (Å²) in [7, 11) is 0. The quantitative estimate of drug-likeness (QED) is 0.412. The van der Waals surface area contributed by atoms with Crippen LogP contribution in [-0.4, -0.2) is 0 Å². The van der Waals surface area contributed by atoms with Gasteiger partial charge < -0.3 is 4.42 Å². The van der Waals surface area contributed by atoms with Gasteiger partial charge in [0.05, 0.1) is 0 Å². The van der Waals surface area contributed by atoms with Crippen LogP contribution < -0.4 is 0 Å². The van der Waals surface area contributed by atoms with E-state index in [2.05, 4.69) is 78.9 Å². The fourth-order valence-corrected chi connectivity index (χ4v) is 3.75. The summed E-state index contributed by atoms with van der Waals surface area (Å²) in [6.45, 7) is 0. The summed E-state index contributed by atoms with van der Waals surface area (Å²) in [5.74, 6) is 1.12. The average molecular weight is 322 g/mol. The normalized spacial score (nSPS) is 13.5. The summed E-state index contributed by atoms with van der Waals surface area (Å²) in [4.78, 5) is 0. The third-order valence-corrected chi connectivity index (χ3v) is 4.96. The first-order chi connectivity index (χ1) is 12.4. The molecule has 0 aliphatic heterocycles. The molecule has 1 aliphatic carbocycles. The summed E-state index contributed by atoms with van der Waals surface area (Å²) < 4.78 is 6.09. The lowest BCUT2D eigenvalue weighted by Crippen LogP contribution is -1.98. The predicted octanol–water partition coefficient (Wildman–Crippen LogP) is 6.48. The van der Waals surface area contributed by atoms with Gasteiger partial charge in [-0.2, -0.15) is 0 Å². The lowest BCUT2D eigenvalue weighted by atomic mass is 9.89. The van der Waals surface area contributed by atoms with Crippen LogP contribution in [0, 0.1) is 0 Å². The first-order valence-electron chi connectivity index (χ1n) is 8.77. The molecule has 0 bridgehead atoms. The standard InChI is InChI=1S/C24H18O/c1-2-7-17(8-3-1)18-13-15-19(16-14-18)20-10-6-12-23-24(20)21-9-4-5-11-22(21)25-23/h1-5,7-11,13-16H,6,12H2. The molecular weight excluding hydrogens is 304 g/mol. The van der Waals surface area contributed by atoms with Crippen molar-refractivity contribution in [3.8, 4) is 11.1 Å². The van der Waals surface area contributed by atoms with Crippen LogP contribution in [0.1, 0.15) is 23.3 Å². The van der Waals surface area contributed by atoms with Crippen LogP contribution in [-0.2, 0) is 6.42 Å². The van der Waals surface area contributed by atoms with Crippen LogP contribution in [0.25, 0.3) is 27.7 Å². The number of aryl methyl sites for hydroxylation is 1. The van der Waals surface area contributed by atoms with Crippen LogP contribution in [0.5, 0.6) is 0 Å². The highest BCUT2D eigenvalue weighted by Gasteiger charge is 2.21. The molecule has 0 unspecified atom stereocenters. The number of fused-ring (bicyclic) bond motifs is 3. The Morgan fingerprint density at radius 1 is 0.640 bits per heavy atom. The van der Waals surface area contributed by atoms with Gasteiger partial charge in [-0.05, 0) is 34.8 Å². The van der Waals surface area contributed by atoms with Crippen LogP contribution in [0.15, 0.2) is 89.4 Å². The zero-order valence-corrected chi connectivity index (χ0v) is 13.9. The molecule has 120 valence electrons. The molecule has 3 aromatic carbocycles. The summed E-state index contributed by atoms with van der Waals surface area (Å²) in [6, 6.07) is 27.7. The van der Waals surface area contributed by atoms with Gasteiger partial charge in [-0.1, -0.05) is 78.9 Å². The Kier molecular flexibility index (Phi) is 3.31. The Morgan fingerprint density at radius 2 is 1.32 bits per heavy atom. The van der Waals surface area contributed by atoms with Gasteiger partial charge in [-0.25, -0.2) is 0 Å². The second-order valence-electron chi connectivity index (χ2n) is 6.50. The topological polar surface area (TPSA) is 13.1 Å². The zero-order valence-electron chi connectivity index (χ0n) is 13.9. The van der Waals surface area contributed by atoms with Gasteiger partial charge in [0.1, 0.15) is 11.3 Å². The Morgan fingerprint density at radius 3 is 2.16 bits per heavy atom. The summed E-state index contributed by atoms with van der Waals surface area (Å²) >= 11 is 0. The van der Waals surface area contributed by atoms with E-state index < -0.39 is 0 Å². The van der Waals surface area contributed by atoms with Crippen LogP contribution in [0.4, 0.5) is 0 Å². The Balaban J connectivity index is 1.60. The van der Waals surface area contributed by atoms with Crippen LogP contribution >= 0.6 is 0 Å². The fourth-order valence-electron chi connectivity index (χ4n) is 3.75. The van der Waals surface area contributed by atoms with E-state index in [0.29, 0.717) is 0 Å². The van der Waals surface area contributed by atoms with Crippen molar-refractivity contribution in [2.75, 3.05) is 0 Å². The number of hydrogen-bond donors (Lipinski definition) is 0. The minimum atomic E-state index is 0.982. The molecule has 0 saturated heterocycles. The fraction of sp³-hybridized carbons (Fsp3) is 0.0833. The van der Waals surface area contributed by atoms with Crippen molar-refractivity contribution in [1.29, 1.82) is 0 Å². The Labute approximate surface area is 147 Å². The molecule has 1 aliphatic rings. The van der Waals surface area contributed by atoms with Gasteiger partial charge >= 0.3 is 0 Å². The molecule has 5 rings (SSSR count). The maximum atomic E-state index is 6.09. The number of benzene rings is 3. The molecule has 0 radical (unpaired) electrons. The van der Waals surface area contributed by atoms with E-state index in [1.165, 1.54) is 33.2 Å². The van der Waals surface area contributed by atoms with Gasteiger partial charge in [0.2, 0.25) is 0 Å². The van der Waals surface area contributed by atoms with Crippen molar-refractivity contribution in [3.05, 3.63) is 102 Å². The molecule has 25 heavy (non-hydrogen) atoms. The van der Waals surface area contributed by atoms with Crippen molar-refractivity contribution < 1.29 is 4.42 Å². The lowest BCUT2D eigenvalue weighted by molar-refractivity contribution is 0.545. The second kappa shape index (κ2) is 5.78. The molecule has 1 aromatic heterocycles. The van der Waals surface area contributed by atoms with Crippen LogP contribution in [0.3, 0.4) is 0 Å². The smallest absolute Gasteiger partial charge is 0.134 e. The zero-order chi connectivity index (χ0) is 16.6. The molecule has 1 heterocycles. The molecule has 1 heteroatoms. The largest absolute Gasteiger partial charge is 0.460 e. The number of para-hydroxylation sites is 1. The second-order valence-corrected chi connectivity index (χ2v) is 6.50. The SMILES string of the molecule is C1=C(c2ccc(-c3ccccc3)cc2)c2c(oc3ccccc23)CC1. The maximum Gasteiger partial charge on any atom is 0.134 e. The van der Waals surface area contributed by atoms with Gasteiger partial charge in [0, 0.05) is 17.4 Å². The maximum absolute atomic E-state index is 6.09. The van der Waals surface area contributed by atoms with Gasteiger partial charge in [-0.15, -0.1) is 0 Å². The van der Waals surface area contributed by atoms with E-state index in [0.717, 1.165) is 24.2 Å². The molecule has 4 aromatic rings. The van der Waals surface area contributed by atoms with Crippen molar-refractivity contribution in [2.45, 2.75) is 12.8 Å². The minimum Gasteiger partial charge on any atom is -0.460 e. The first-order valence-corrected chi connectivity index (χ1v) is 8.77. The molecular formula is C24H18O. The summed E-state index contributed by atoms with van der Waals surface area (Å²) in [5, 5.41) is 1.22. The lowest BCUT2D eigenvalue weighted by Gasteiger charge is -2.14. The average Bonchev–Trinajstić information content (AvgIpc) is 3.08. The van der Waals surface area contributed by atoms with Crippen LogP contribution in [0.2, 0.25) is 0 Å². The Hall–Kier alpha value is -3.06. The van der Waals surface area contributed by atoms with E-state index >= 15 is 0 Å². The number of furan rings is 1. The van der Waals surface area contributed by atoms with Gasteiger partial charge in [-0.3, -0.25) is 0 Å². The summed E-state index contributed by atoms with van der Waals surface area (Å²) in [5.41, 5.74) is 7.31. The minimum absolute atomic E-state index is 0.982.